The molecule has 0 aliphatic rings. The van der Waals surface area contributed by atoms with E-state index in [0.717, 1.165) is 0 Å². The summed E-state index contributed by atoms with van der Waals surface area (Å²) in [7, 11) is 4.64. The Labute approximate surface area is 378 Å². The Morgan fingerprint density at radius 3 is 1.21 bits per heavy atom. The molecule has 0 aliphatic heterocycles. The number of hydrogen-bond donors (Lipinski definition) is 6. The summed E-state index contributed by atoms with van der Waals surface area (Å²) in [5, 5.41) is 13.5. The number of amides is 5. The van der Waals surface area contributed by atoms with Gasteiger partial charge in [-0.05, 0) is 24.6 Å². The van der Waals surface area contributed by atoms with Crippen molar-refractivity contribution in [2.45, 2.75) is 63.7 Å². The molecule has 0 radical (unpaired) electrons. The van der Waals surface area contributed by atoms with Gasteiger partial charge in [-0.2, -0.15) is 0 Å². The van der Waals surface area contributed by atoms with Crippen LogP contribution in [0.1, 0.15) is 46.0 Å². The van der Waals surface area contributed by atoms with Crippen molar-refractivity contribution in [1.29, 1.82) is 0 Å². The van der Waals surface area contributed by atoms with Crippen molar-refractivity contribution in [2.75, 3.05) is 160 Å². The lowest BCUT2D eigenvalue weighted by Gasteiger charge is -2.21. The third-order valence-corrected chi connectivity index (χ3v) is 11.8. The van der Waals surface area contributed by atoms with Crippen LogP contribution >= 0.6 is 6.49 Å². The largest absolute Gasteiger partial charge is 0.382 e. The topological polar surface area (TPSA) is 267 Å². The molecule has 24 heteroatoms. The third kappa shape index (κ3) is 37.4. The van der Waals surface area contributed by atoms with Crippen molar-refractivity contribution in [2.24, 2.45) is 0 Å². The first-order valence-electron chi connectivity index (χ1n) is 21.3. The smallest absolute Gasteiger partial charge is 0.242 e. The maximum atomic E-state index is 13.2. The molecule has 3 atom stereocenters. The number of ether oxygens (including phenoxy) is 10. The Hall–Kier alpha value is -2.48. The SMILES string of the molecule is COCCOCCNC(=O)CCC(NC(=O)CCC(NC(=O)CCOCCOCCOCCOCCOP(O)(=S)C(C)C)C(=O)NCCOCCOC)C(=O)NCCOCCOC. The maximum Gasteiger partial charge on any atom is 0.242 e. The Kier molecular flexibility index (Phi) is 40.5. The molecule has 3 unspecified atom stereocenters. The van der Waals surface area contributed by atoms with E-state index in [4.69, 9.17) is 63.7 Å². The van der Waals surface area contributed by atoms with E-state index >= 15 is 0 Å². The van der Waals surface area contributed by atoms with Crippen LogP contribution in [0.5, 0.6) is 0 Å². The first kappa shape index (κ1) is 60.5. The van der Waals surface area contributed by atoms with Crippen LogP contribution < -0.4 is 26.6 Å². The molecule has 6 N–H and O–H groups in total. The van der Waals surface area contributed by atoms with Crippen LogP contribution in [-0.4, -0.2) is 212 Å². The second-order valence-corrected chi connectivity index (χ2v) is 17.7. The molecule has 0 aromatic carbocycles. The van der Waals surface area contributed by atoms with Gasteiger partial charge >= 0.3 is 0 Å². The molecular weight excluding hydrogens is 873 g/mol. The van der Waals surface area contributed by atoms with Crippen LogP contribution in [0.4, 0.5) is 0 Å². The minimum Gasteiger partial charge on any atom is -0.382 e. The first-order chi connectivity index (χ1) is 30.4. The fourth-order valence-electron chi connectivity index (χ4n) is 4.75. The van der Waals surface area contributed by atoms with Crippen molar-refractivity contribution in [3.05, 3.63) is 0 Å². The predicted octanol–water partition coefficient (Wildman–Crippen LogP) is -0.963. The molecule has 370 valence electrons. The van der Waals surface area contributed by atoms with Crippen LogP contribution in [0.3, 0.4) is 0 Å². The predicted molar refractivity (Wildman–Crippen MR) is 235 cm³/mol. The summed E-state index contributed by atoms with van der Waals surface area (Å²) in [6.07, 6.45) is -0.439. The van der Waals surface area contributed by atoms with E-state index < -0.39 is 42.2 Å². The zero-order valence-corrected chi connectivity index (χ0v) is 39.7. The van der Waals surface area contributed by atoms with Crippen molar-refractivity contribution in [3.8, 4) is 0 Å². The second-order valence-electron chi connectivity index (χ2n) is 13.8. The highest BCUT2D eigenvalue weighted by molar-refractivity contribution is 8.09. The van der Waals surface area contributed by atoms with E-state index in [1.807, 2.05) is 13.8 Å². The average Bonchev–Trinajstić information content (AvgIpc) is 3.25. The number of carbonyl (C=O) groups excluding carboxylic acids is 5. The van der Waals surface area contributed by atoms with Gasteiger partial charge in [-0.15, -0.1) is 0 Å². The van der Waals surface area contributed by atoms with Crippen molar-refractivity contribution in [3.63, 3.8) is 0 Å². The fourth-order valence-corrected chi connectivity index (χ4v) is 5.61. The fraction of sp³-hybridized carbons (Fsp3) is 0.872. The van der Waals surface area contributed by atoms with Gasteiger partial charge in [0.15, 0.2) is 6.49 Å². The van der Waals surface area contributed by atoms with Gasteiger partial charge in [0.25, 0.3) is 0 Å². The molecule has 22 nitrogen and oxygen atoms in total. The van der Waals surface area contributed by atoms with E-state index in [-0.39, 0.29) is 110 Å². The summed E-state index contributed by atoms with van der Waals surface area (Å²) in [6, 6.07) is -2.15. The van der Waals surface area contributed by atoms with Gasteiger partial charge in [-0.3, -0.25) is 24.0 Å². The molecule has 5 amide bonds. The van der Waals surface area contributed by atoms with Crippen molar-refractivity contribution >= 4 is 47.8 Å². The van der Waals surface area contributed by atoms with Crippen LogP contribution in [0, 0.1) is 0 Å². The number of methoxy groups -OCH3 is 3. The monoisotopic (exact) mass is 949 g/mol. The van der Waals surface area contributed by atoms with Crippen LogP contribution in [-0.2, 0) is 87.7 Å². The molecule has 0 aromatic heterocycles. The van der Waals surface area contributed by atoms with Crippen LogP contribution in [0.2, 0.25) is 0 Å². The first-order valence-corrected chi connectivity index (χ1v) is 24.0. The highest BCUT2D eigenvalue weighted by Crippen LogP contribution is 2.47. The van der Waals surface area contributed by atoms with E-state index in [1.165, 1.54) is 0 Å². The van der Waals surface area contributed by atoms with Crippen molar-refractivity contribution in [1.82, 2.24) is 26.6 Å². The molecule has 0 rings (SSSR count). The lowest BCUT2D eigenvalue weighted by molar-refractivity contribution is -0.131. The Balaban J connectivity index is 4.93. The summed E-state index contributed by atoms with van der Waals surface area (Å²) in [4.78, 5) is 74.8. The Bertz CT molecular complexity index is 1250. The van der Waals surface area contributed by atoms with Crippen LogP contribution in [0.15, 0.2) is 0 Å². The molecule has 0 heterocycles. The quantitative estimate of drug-likeness (QED) is 0.0317. The van der Waals surface area contributed by atoms with E-state index in [0.29, 0.717) is 72.7 Å². The normalized spacial score (nSPS) is 13.3. The molecule has 0 aromatic rings. The summed E-state index contributed by atoms with van der Waals surface area (Å²) < 4.78 is 58.1. The second kappa shape index (κ2) is 42.2. The minimum absolute atomic E-state index is 0.00299. The number of nitrogens with one attached hydrogen (secondary N) is 5. The van der Waals surface area contributed by atoms with Gasteiger partial charge in [0.1, 0.15) is 12.1 Å². The van der Waals surface area contributed by atoms with Gasteiger partial charge in [-0.25, -0.2) is 0 Å². The summed E-state index contributed by atoms with van der Waals surface area (Å²) in [6.45, 7) is 6.82. The van der Waals surface area contributed by atoms with E-state index in [2.05, 4.69) is 26.6 Å². The van der Waals surface area contributed by atoms with Gasteiger partial charge < -0.3 is 83.4 Å². The number of carbonyl (C=O) groups is 5. The molecule has 0 saturated carbocycles. The van der Waals surface area contributed by atoms with Crippen LogP contribution in [0.25, 0.3) is 0 Å². The molecule has 0 bridgehead atoms. The number of hydrogen-bond acceptors (Lipinski definition) is 17. The Morgan fingerprint density at radius 2 is 0.794 bits per heavy atom. The molecular formula is C39H76N5O17PS. The van der Waals surface area contributed by atoms with E-state index in [9.17, 15) is 28.9 Å². The lowest BCUT2D eigenvalue weighted by Crippen LogP contribution is -2.50. The van der Waals surface area contributed by atoms with Crippen molar-refractivity contribution < 1.29 is 80.8 Å². The zero-order chi connectivity index (χ0) is 46.8. The molecule has 0 fully saturated rings. The highest BCUT2D eigenvalue weighted by atomic mass is 32.5. The van der Waals surface area contributed by atoms with Gasteiger partial charge in [0.2, 0.25) is 29.5 Å². The zero-order valence-electron chi connectivity index (χ0n) is 38.0. The molecule has 0 spiro atoms. The average molecular weight is 950 g/mol. The standard InChI is InChI=1S/C39H76N5O17PS/c1-32(2)62(50,63)61-31-30-60-29-28-59-27-26-58-25-24-54-14-10-37(47)44-34(39(49)42-13-17-57-23-20-53-5)7-9-36(46)43-33(38(48)41-12-16-56-22-19-52-4)6-8-35(45)40-11-15-55-21-18-51-3/h32-34H,6-31H2,1-5H3,(H,40,45)(H,41,48)(H,42,49)(H,43,46)(H,44,47)(H,50,63). The molecule has 0 aliphatic carbocycles. The molecule has 0 saturated heterocycles. The lowest BCUT2D eigenvalue weighted by atomic mass is 10.1. The Morgan fingerprint density at radius 1 is 0.460 bits per heavy atom. The summed E-state index contributed by atoms with van der Waals surface area (Å²) in [5.74, 6) is -2.41. The minimum atomic E-state index is -2.78. The van der Waals surface area contributed by atoms with Gasteiger partial charge in [-0.1, -0.05) is 13.8 Å². The number of rotatable bonds is 45. The summed E-state index contributed by atoms with van der Waals surface area (Å²) in [5.41, 5.74) is -0.113. The summed E-state index contributed by atoms with van der Waals surface area (Å²) >= 11 is 5.06. The third-order valence-electron chi connectivity index (χ3n) is 8.32. The molecule has 63 heavy (non-hydrogen) atoms. The van der Waals surface area contributed by atoms with E-state index in [1.54, 1.807) is 21.3 Å². The highest BCUT2D eigenvalue weighted by Gasteiger charge is 2.25. The maximum absolute atomic E-state index is 13.2. The van der Waals surface area contributed by atoms with Gasteiger partial charge in [0.05, 0.1) is 119 Å². The van der Waals surface area contributed by atoms with Gasteiger partial charge in [0, 0.05) is 65.9 Å².